The average molecular weight is 540 g/mol. The smallest absolute Gasteiger partial charge is 0.354 e. The Labute approximate surface area is 221 Å². The van der Waals surface area contributed by atoms with Crippen molar-refractivity contribution in [1.82, 2.24) is 19.1 Å². The molecule has 0 saturated heterocycles. The van der Waals surface area contributed by atoms with Gasteiger partial charge in [0.05, 0.1) is 5.92 Å². The summed E-state index contributed by atoms with van der Waals surface area (Å²) in [5.74, 6) is -2.31. The first-order valence-corrected chi connectivity index (χ1v) is 11.9. The lowest BCUT2D eigenvalue weighted by atomic mass is 10.1. The average Bonchev–Trinajstić information content (AvgIpc) is 2.88. The zero-order chi connectivity index (χ0) is 27.2. The fraction of sp³-hybridized carbons (Fsp3) is 0.192. The van der Waals surface area contributed by atoms with E-state index in [0.29, 0.717) is 22.9 Å². The SMILES string of the molecule is C[C@@H](Cn1c(=O)nc(Nc2ccc(Oc3cccc(F)n3)cc2)n(CCc2ccc(Cl)cc2)c1=O)C(=O)O. The van der Waals surface area contributed by atoms with Crippen molar-refractivity contribution >= 4 is 29.2 Å². The van der Waals surface area contributed by atoms with Gasteiger partial charge in [-0.2, -0.15) is 14.4 Å². The van der Waals surface area contributed by atoms with Crippen molar-refractivity contribution in [3.63, 3.8) is 0 Å². The number of aryl methyl sites for hydroxylation is 1. The Balaban J connectivity index is 1.62. The molecule has 2 N–H and O–H groups in total. The van der Waals surface area contributed by atoms with Gasteiger partial charge in [0.1, 0.15) is 5.75 Å². The summed E-state index contributed by atoms with van der Waals surface area (Å²) in [6.45, 7) is 1.24. The second-order valence-corrected chi connectivity index (χ2v) is 8.86. The maximum atomic E-state index is 13.3. The monoisotopic (exact) mass is 539 g/mol. The summed E-state index contributed by atoms with van der Waals surface area (Å²) < 4.78 is 20.9. The van der Waals surface area contributed by atoms with Gasteiger partial charge in [-0.05, 0) is 54.4 Å². The third kappa shape index (κ3) is 6.62. The molecular formula is C26H23ClFN5O5. The second-order valence-electron chi connectivity index (χ2n) is 8.43. The van der Waals surface area contributed by atoms with Crippen LogP contribution < -0.4 is 21.4 Å². The molecule has 4 aromatic rings. The molecule has 0 saturated carbocycles. The van der Waals surface area contributed by atoms with E-state index in [2.05, 4.69) is 15.3 Å². The number of hydrogen-bond donors (Lipinski definition) is 2. The normalized spacial score (nSPS) is 11.7. The quantitative estimate of drug-likeness (QED) is 0.288. The Morgan fingerprint density at radius 2 is 1.76 bits per heavy atom. The van der Waals surface area contributed by atoms with Crippen molar-refractivity contribution in [3.8, 4) is 11.6 Å². The lowest BCUT2D eigenvalue weighted by Crippen LogP contribution is -2.44. The molecule has 2 aromatic carbocycles. The molecule has 0 amide bonds. The minimum Gasteiger partial charge on any atom is -0.481 e. The minimum absolute atomic E-state index is 0.00587. The highest BCUT2D eigenvalue weighted by molar-refractivity contribution is 6.30. The number of aliphatic carboxylic acids is 1. The number of aromatic nitrogens is 4. The van der Waals surface area contributed by atoms with E-state index in [1.165, 1.54) is 29.7 Å². The molecule has 12 heteroatoms. The van der Waals surface area contributed by atoms with Crippen LogP contribution in [0.3, 0.4) is 0 Å². The predicted octanol–water partition coefficient (Wildman–Crippen LogP) is 4.09. The summed E-state index contributed by atoms with van der Waals surface area (Å²) in [6.07, 6.45) is 0.424. The number of ether oxygens (including phenoxy) is 1. The van der Waals surface area contributed by atoms with Gasteiger partial charge in [-0.1, -0.05) is 36.7 Å². The maximum Gasteiger partial charge on any atom is 0.354 e. The standard InChI is InChI=1S/C26H23ClFN5O5/c1-16(23(34)35)15-33-25(36)31-24(32(26(33)37)14-13-17-5-7-18(27)8-6-17)29-19-9-11-20(12-10-19)38-22-4-2-3-21(28)30-22/h2-12,16H,13-15H2,1H3,(H,34,35)(H,29,31,36)/t16-/m0/s1. The molecule has 10 nitrogen and oxygen atoms in total. The van der Waals surface area contributed by atoms with Crippen molar-refractivity contribution in [1.29, 1.82) is 0 Å². The highest BCUT2D eigenvalue weighted by Gasteiger charge is 2.19. The summed E-state index contributed by atoms with van der Waals surface area (Å²) in [4.78, 5) is 45.0. The molecule has 0 unspecified atom stereocenters. The lowest BCUT2D eigenvalue weighted by molar-refractivity contribution is -0.141. The number of halogens is 2. The van der Waals surface area contributed by atoms with Gasteiger partial charge in [-0.25, -0.2) is 14.2 Å². The summed E-state index contributed by atoms with van der Waals surface area (Å²) in [7, 11) is 0. The third-order valence-corrected chi connectivity index (χ3v) is 5.84. The Hall–Kier alpha value is -4.51. The van der Waals surface area contributed by atoms with Crippen LogP contribution in [0, 0.1) is 11.9 Å². The van der Waals surface area contributed by atoms with E-state index in [1.54, 1.807) is 36.4 Å². The summed E-state index contributed by atoms with van der Waals surface area (Å²) in [6, 6.07) is 17.7. The van der Waals surface area contributed by atoms with Gasteiger partial charge in [0.15, 0.2) is 0 Å². The van der Waals surface area contributed by atoms with Crippen LogP contribution in [-0.2, 0) is 24.3 Å². The van der Waals surface area contributed by atoms with E-state index < -0.39 is 29.2 Å². The van der Waals surface area contributed by atoms with Gasteiger partial charge < -0.3 is 15.2 Å². The van der Waals surface area contributed by atoms with E-state index in [9.17, 15) is 23.9 Å². The molecule has 0 radical (unpaired) electrons. The molecule has 1 atom stereocenters. The van der Waals surface area contributed by atoms with Crippen LogP contribution in [0.1, 0.15) is 12.5 Å². The van der Waals surface area contributed by atoms with Crippen molar-refractivity contribution in [3.05, 3.63) is 104 Å². The molecule has 196 valence electrons. The first kappa shape index (κ1) is 26.6. The molecule has 0 aliphatic rings. The van der Waals surface area contributed by atoms with Crippen LogP contribution in [0.15, 0.2) is 76.3 Å². The Kier molecular flexibility index (Phi) is 8.17. The highest BCUT2D eigenvalue weighted by Crippen LogP contribution is 2.23. The van der Waals surface area contributed by atoms with Gasteiger partial charge >= 0.3 is 17.3 Å². The molecule has 0 bridgehead atoms. The number of nitrogens with one attached hydrogen (secondary N) is 1. The molecule has 0 fully saturated rings. The third-order valence-electron chi connectivity index (χ3n) is 5.59. The van der Waals surface area contributed by atoms with Crippen LogP contribution in [0.2, 0.25) is 5.02 Å². The van der Waals surface area contributed by atoms with Crippen LogP contribution in [0.4, 0.5) is 16.0 Å². The lowest BCUT2D eigenvalue weighted by Gasteiger charge is -2.16. The van der Waals surface area contributed by atoms with Crippen molar-refractivity contribution in [2.75, 3.05) is 5.32 Å². The first-order chi connectivity index (χ1) is 18.2. The number of hydrogen-bond acceptors (Lipinski definition) is 7. The Morgan fingerprint density at radius 3 is 2.42 bits per heavy atom. The van der Waals surface area contributed by atoms with E-state index >= 15 is 0 Å². The number of carboxylic acids is 1. The Morgan fingerprint density at radius 1 is 1.05 bits per heavy atom. The maximum absolute atomic E-state index is 13.3. The molecule has 4 rings (SSSR count). The topological polar surface area (TPSA) is 128 Å². The molecule has 2 heterocycles. The molecule has 0 aliphatic carbocycles. The predicted molar refractivity (Wildman–Crippen MR) is 139 cm³/mol. The van der Waals surface area contributed by atoms with Crippen LogP contribution >= 0.6 is 11.6 Å². The molecule has 2 aromatic heterocycles. The number of nitrogens with zero attached hydrogens (tertiary/aromatic N) is 4. The number of carboxylic acid groups (broad SMARTS) is 1. The molecule has 0 spiro atoms. The second kappa shape index (κ2) is 11.7. The fourth-order valence-corrected chi connectivity index (χ4v) is 3.66. The zero-order valence-electron chi connectivity index (χ0n) is 20.2. The van der Waals surface area contributed by atoms with Crippen LogP contribution in [0.5, 0.6) is 11.6 Å². The van der Waals surface area contributed by atoms with Gasteiger partial charge in [-0.3, -0.25) is 9.36 Å². The van der Waals surface area contributed by atoms with Crippen molar-refractivity contribution in [2.24, 2.45) is 5.92 Å². The number of benzene rings is 2. The van der Waals surface area contributed by atoms with E-state index in [0.717, 1.165) is 10.1 Å². The summed E-state index contributed by atoms with van der Waals surface area (Å²) >= 11 is 5.95. The highest BCUT2D eigenvalue weighted by atomic mass is 35.5. The van der Waals surface area contributed by atoms with Crippen LogP contribution in [-0.4, -0.2) is 30.2 Å². The van der Waals surface area contributed by atoms with Gasteiger partial charge in [0, 0.05) is 29.9 Å². The molecule has 38 heavy (non-hydrogen) atoms. The number of carbonyl (C=O) groups is 1. The number of anilines is 2. The van der Waals surface area contributed by atoms with E-state index in [-0.39, 0.29) is 24.9 Å². The molecule has 0 aliphatic heterocycles. The first-order valence-electron chi connectivity index (χ1n) is 11.6. The van der Waals surface area contributed by atoms with E-state index in [4.69, 9.17) is 16.3 Å². The Bertz CT molecular complexity index is 1550. The van der Waals surface area contributed by atoms with Gasteiger partial charge in [0.2, 0.25) is 17.8 Å². The summed E-state index contributed by atoms with van der Waals surface area (Å²) in [5, 5.41) is 12.8. The van der Waals surface area contributed by atoms with Crippen LogP contribution in [0.25, 0.3) is 0 Å². The zero-order valence-corrected chi connectivity index (χ0v) is 20.9. The largest absolute Gasteiger partial charge is 0.481 e. The van der Waals surface area contributed by atoms with Crippen molar-refractivity contribution < 1.29 is 19.0 Å². The van der Waals surface area contributed by atoms with E-state index in [1.807, 2.05) is 12.1 Å². The number of rotatable bonds is 10. The minimum atomic E-state index is -1.14. The summed E-state index contributed by atoms with van der Waals surface area (Å²) in [5.41, 5.74) is -0.165. The fourth-order valence-electron chi connectivity index (χ4n) is 3.53. The van der Waals surface area contributed by atoms with Crippen molar-refractivity contribution in [2.45, 2.75) is 26.4 Å². The van der Waals surface area contributed by atoms with Gasteiger partial charge in [0.25, 0.3) is 0 Å². The number of pyridine rings is 1. The molecular weight excluding hydrogens is 517 g/mol. The van der Waals surface area contributed by atoms with Gasteiger partial charge in [-0.15, -0.1) is 0 Å².